The van der Waals surface area contributed by atoms with Crippen LogP contribution >= 0.6 is 0 Å². The summed E-state index contributed by atoms with van der Waals surface area (Å²) in [6.45, 7) is 13.8. The summed E-state index contributed by atoms with van der Waals surface area (Å²) in [7, 11) is 0. The van der Waals surface area contributed by atoms with Crippen molar-refractivity contribution < 1.29 is 58.3 Å². The molecule has 0 fully saturated rings. The largest absolute Gasteiger partial charge is 0.463 e. The van der Waals surface area contributed by atoms with Crippen molar-refractivity contribution in [1.82, 2.24) is 0 Å². The predicted octanol–water partition coefficient (Wildman–Crippen LogP) is 14.7. The summed E-state index contributed by atoms with van der Waals surface area (Å²) in [6.07, 6.45) is 49.4. The van der Waals surface area contributed by atoms with Crippen LogP contribution in [0.25, 0.3) is 0 Å². The Morgan fingerprint density at radius 3 is 0.638 bits per heavy atom. The van der Waals surface area contributed by atoms with E-state index in [0.717, 1.165) is 63.2 Å². The zero-order valence-corrected chi connectivity index (χ0v) is 47.0. The van der Waals surface area contributed by atoms with Gasteiger partial charge in [0.2, 0.25) is 0 Å². The number of carbonyl (C=O) groups excluding carboxylic acids is 6. The fourth-order valence-corrected chi connectivity index (χ4v) is 6.62. The molecule has 0 amide bonds. The maximum atomic E-state index is 11.0. The van der Waals surface area contributed by atoms with Gasteiger partial charge in [0.1, 0.15) is 0 Å². The minimum Gasteiger partial charge on any atom is -0.463 e. The third-order valence-corrected chi connectivity index (χ3v) is 10.6. The quantitative estimate of drug-likeness (QED) is 0.0188. The molecule has 0 saturated heterocycles. The third kappa shape index (κ3) is 82.1. The van der Waals surface area contributed by atoms with E-state index in [1.165, 1.54) is 186 Å². The average molecular weight is 1080 g/mol. The normalized spacial score (nSPS) is 10.6. The molecule has 0 aromatic rings. The minimum atomic E-state index is -1.39. The van der Waals surface area contributed by atoms with Crippen molar-refractivity contribution in [1.29, 1.82) is 0 Å². The Morgan fingerprint density at radius 1 is 0.290 bits per heavy atom. The van der Waals surface area contributed by atoms with E-state index in [1.807, 2.05) is 0 Å². The van der Waals surface area contributed by atoms with Crippen molar-refractivity contribution in [3.63, 3.8) is 0 Å². The first-order valence-electron chi connectivity index (χ1n) is 26.9. The Balaban J connectivity index is -0.000000273. The molecule has 8 radical (unpaired) electrons. The fourth-order valence-electron chi connectivity index (χ4n) is 6.62. The van der Waals surface area contributed by atoms with E-state index in [0.29, 0.717) is 38.0 Å². The number of carbonyl (C=O) groups is 6. The smallest absolute Gasteiger partial charge is 0.379 e. The van der Waals surface area contributed by atoms with Gasteiger partial charge >= 0.3 is 35.8 Å². The van der Waals surface area contributed by atoms with E-state index in [1.54, 1.807) is 0 Å². The molecule has 0 atom stereocenters. The van der Waals surface area contributed by atoms with E-state index < -0.39 is 35.8 Å². The Labute approximate surface area is 438 Å². The molecule has 0 bridgehead atoms. The van der Waals surface area contributed by atoms with Gasteiger partial charge in [-0.15, -0.1) is 0 Å². The van der Waals surface area contributed by atoms with Crippen molar-refractivity contribution in [2.24, 2.45) is 0 Å². The predicted molar refractivity (Wildman–Crippen MR) is 277 cm³/mol. The Morgan fingerprint density at radius 2 is 0.464 bits per heavy atom. The van der Waals surface area contributed by atoms with Crippen LogP contribution in [0.1, 0.15) is 259 Å². The maximum Gasteiger partial charge on any atom is 0.379 e. The summed E-state index contributed by atoms with van der Waals surface area (Å²) in [4.78, 5) is 63.2. The van der Waals surface area contributed by atoms with Crippen molar-refractivity contribution in [3.8, 4) is 0 Å². The SMILES string of the molecule is CCCCCCCCCCCCOC(=O)/C=C\C([O])=O.CCCCCCCCCCCCOC(=O)/C=C\C([O])=O.CCCCCCCCCCCCOC(=O)/C=C\C([O])=O.[CH2]CCCCCCC.[Sn]. The van der Waals surface area contributed by atoms with Gasteiger partial charge in [-0.3, -0.25) is 0 Å². The van der Waals surface area contributed by atoms with Crippen LogP contribution in [0.2, 0.25) is 0 Å². The molecule has 0 unspecified atom stereocenters. The first kappa shape index (κ1) is 74.8. The minimum absolute atomic E-state index is 0. The van der Waals surface area contributed by atoms with Crippen LogP contribution in [0.15, 0.2) is 36.5 Å². The fraction of sp³-hybridized carbons (Fsp3) is 0.768. The summed E-state index contributed by atoms with van der Waals surface area (Å²) in [5.74, 6) is -6.02. The first-order chi connectivity index (χ1) is 32.9. The third-order valence-electron chi connectivity index (χ3n) is 10.6. The van der Waals surface area contributed by atoms with E-state index in [9.17, 15) is 44.1 Å². The number of hydrogen-bond donors (Lipinski definition) is 0. The molecule has 0 aliphatic carbocycles. The van der Waals surface area contributed by atoms with Crippen molar-refractivity contribution in [2.75, 3.05) is 19.8 Å². The Kier molecular flexibility index (Phi) is 72.5. The molecule has 0 saturated carbocycles. The van der Waals surface area contributed by atoms with E-state index in [4.69, 9.17) is 14.2 Å². The molecule has 0 aliphatic rings. The summed E-state index contributed by atoms with van der Waals surface area (Å²) in [5.41, 5.74) is 0. The Hall–Kier alpha value is -3.16. The average Bonchev–Trinajstić information content (AvgIpc) is 3.31. The van der Waals surface area contributed by atoms with E-state index >= 15 is 0 Å². The van der Waals surface area contributed by atoms with Crippen molar-refractivity contribution in [3.05, 3.63) is 43.4 Å². The second kappa shape index (κ2) is 66.9. The Bertz CT molecular complexity index is 1090. The van der Waals surface area contributed by atoms with Gasteiger partial charge < -0.3 is 14.2 Å². The summed E-state index contributed by atoms with van der Waals surface area (Å²) < 4.78 is 14.5. The standard InChI is InChI=1S/3C16H27O4.C8H17.Sn/c3*1-2-3-4-5-6-7-8-9-10-11-14-20-16(19)13-12-15(17)18;1-3-5-7-8-6-4-2;/h3*12-13H,2-11,14H2,1H3;1,3-8H2,2H3;/b3*13-12-;;. The zero-order valence-electron chi connectivity index (χ0n) is 44.1. The molecular formula is C56H98O12Sn. The van der Waals surface area contributed by atoms with Gasteiger partial charge in [-0.2, -0.15) is 0 Å². The second-order valence-electron chi connectivity index (χ2n) is 17.3. The van der Waals surface area contributed by atoms with Gasteiger partial charge in [0.05, 0.1) is 19.8 Å². The molecule has 0 rings (SSSR count). The molecule has 0 spiro atoms. The van der Waals surface area contributed by atoms with Crippen LogP contribution in [0, 0.1) is 6.92 Å². The van der Waals surface area contributed by atoms with Gasteiger partial charge in [0, 0.05) is 60.4 Å². The number of unbranched alkanes of at least 4 members (excludes halogenated alkanes) is 32. The van der Waals surface area contributed by atoms with Crippen molar-refractivity contribution in [2.45, 2.75) is 259 Å². The van der Waals surface area contributed by atoms with Gasteiger partial charge in [0.15, 0.2) is 0 Å². The van der Waals surface area contributed by atoms with Gasteiger partial charge in [0.25, 0.3) is 0 Å². The number of rotatable bonds is 44. The van der Waals surface area contributed by atoms with Gasteiger partial charge in [-0.1, -0.05) is 247 Å². The van der Waals surface area contributed by atoms with Crippen LogP contribution < -0.4 is 0 Å². The monoisotopic (exact) mass is 1080 g/mol. The van der Waals surface area contributed by atoms with Crippen LogP contribution in [0.4, 0.5) is 0 Å². The number of ether oxygens (including phenoxy) is 3. The number of hydrogen-bond acceptors (Lipinski definition) is 9. The molecule has 0 heterocycles. The molecule has 12 nitrogen and oxygen atoms in total. The van der Waals surface area contributed by atoms with E-state index in [2.05, 4.69) is 34.6 Å². The molecular weight excluding hydrogens is 983 g/mol. The molecule has 0 N–H and O–H groups in total. The van der Waals surface area contributed by atoms with Crippen LogP contribution in [0.3, 0.4) is 0 Å². The first-order valence-corrected chi connectivity index (χ1v) is 26.9. The topological polar surface area (TPSA) is 190 Å². The molecule has 0 aliphatic heterocycles. The molecule has 69 heavy (non-hydrogen) atoms. The summed E-state index contributed by atoms with van der Waals surface area (Å²) in [6, 6.07) is 0. The van der Waals surface area contributed by atoms with Gasteiger partial charge in [-0.25, -0.2) is 44.1 Å². The molecule has 398 valence electrons. The molecule has 13 heteroatoms. The summed E-state index contributed by atoms with van der Waals surface area (Å²) in [5, 5.41) is 30.2. The summed E-state index contributed by atoms with van der Waals surface area (Å²) >= 11 is 0. The van der Waals surface area contributed by atoms with Crippen molar-refractivity contribution >= 4 is 59.7 Å². The second-order valence-corrected chi connectivity index (χ2v) is 17.3. The van der Waals surface area contributed by atoms with Crippen LogP contribution in [-0.2, 0) is 58.3 Å². The maximum absolute atomic E-state index is 11.0. The molecule has 0 aromatic heterocycles. The van der Waals surface area contributed by atoms with Crippen LogP contribution in [0.5, 0.6) is 0 Å². The number of esters is 3. The molecule has 0 aromatic carbocycles. The zero-order chi connectivity index (χ0) is 51.4. The van der Waals surface area contributed by atoms with E-state index in [-0.39, 0.29) is 23.9 Å². The van der Waals surface area contributed by atoms with Crippen LogP contribution in [-0.4, -0.2) is 79.5 Å². The van der Waals surface area contributed by atoms with Gasteiger partial charge in [-0.05, 0) is 19.3 Å².